The third kappa shape index (κ3) is 13.8. The van der Waals surface area contributed by atoms with E-state index in [1.165, 1.54) is 20.4 Å². The quantitative estimate of drug-likeness (QED) is 0.0498. The van der Waals surface area contributed by atoms with E-state index in [9.17, 15) is 34.3 Å². The summed E-state index contributed by atoms with van der Waals surface area (Å²) in [5.74, 6) is -1.88. The Balaban J connectivity index is 1.36. The number of hydrogen-bond donors (Lipinski definition) is 9. The van der Waals surface area contributed by atoms with Crippen LogP contribution in [0.1, 0.15) is 77.9 Å². The van der Waals surface area contributed by atoms with Gasteiger partial charge in [-0.25, -0.2) is 9.97 Å². The largest absolute Gasteiger partial charge is 0.492 e. The highest BCUT2D eigenvalue weighted by Crippen LogP contribution is 2.40. The lowest BCUT2D eigenvalue weighted by molar-refractivity contribution is -0.141. The average Bonchev–Trinajstić information content (AvgIpc) is 3.35. The molecule has 1 unspecified atom stereocenters. The van der Waals surface area contributed by atoms with Crippen molar-refractivity contribution in [1.29, 1.82) is 5.26 Å². The van der Waals surface area contributed by atoms with Crippen molar-refractivity contribution in [2.24, 2.45) is 17.2 Å². The molecule has 4 bridgehead atoms. The number of aliphatic hydroxyl groups excluding tert-OH is 1. The lowest BCUT2D eigenvalue weighted by Gasteiger charge is -2.33. The van der Waals surface area contributed by atoms with Crippen LogP contribution in [0.25, 0.3) is 22.5 Å². The van der Waals surface area contributed by atoms with Crippen molar-refractivity contribution in [2.75, 3.05) is 46.4 Å². The van der Waals surface area contributed by atoms with Crippen LogP contribution in [0.2, 0.25) is 0 Å². The number of nitrogens with two attached hydrogens (primary N) is 3. The van der Waals surface area contributed by atoms with Gasteiger partial charge in [0.05, 0.1) is 29.1 Å². The third-order valence-corrected chi connectivity index (χ3v) is 12.2. The summed E-state index contributed by atoms with van der Waals surface area (Å²) < 4.78 is 18.4. The van der Waals surface area contributed by atoms with E-state index in [2.05, 4.69) is 36.6 Å². The van der Waals surface area contributed by atoms with Crippen molar-refractivity contribution in [3.05, 3.63) is 88.7 Å². The predicted octanol–water partition coefficient (Wildman–Crippen LogP) is 1.12. The number of carbonyl (C=O) groups is 5. The lowest BCUT2D eigenvalue weighted by atomic mass is 9.93. The van der Waals surface area contributed by atoms with E-state index < -0.39 is 66.6 Å². The second kappa shape index (κ2) is 25.1. The number of aromatic nitrogens is 2. The molecular formula is C50H64N12O9. The zero-order valence-electron chi connectivity index (χ0n) is 40.5. The summed E-state index contributed by atoms with van der Waals surface area (Å²) in [7, 11) is 1.35. The summed E-state index contributed by atoms with van der Waals surface area (Å²) >= 11 is 0. The smallest absolute Gasteiger partial charge is 0.255 e. The van der Waals surface area contributed by atoms with Gasteiger partial charge in [-0.15, -0.1) is 0 Å². The monoisotopic (exact) mass is 976 g/mol. The number of hydrogen-bond acceptors (Lipinski definition) is 16. The van der Waals surface area contributed by atoms with Crippen LogP contribution in [-0.4, -0.2) is 127 Å². The fourth-order valence-electron chi connectivity index (χ4n) is 8.61. The van der Waals surface area contributed by atoms with Gasteiger partial charge in [0.25, 0.3) is 5.91 Å². The van der Waals surface area contributed by atoms with Crippen molar-refractivity contribution < 1.29 is 43.3 Å². The van der Waals surface area contributed by atoms with Crippen LogP contribution in [0.5, 0.6) is 17.2 Å². The molecule has 21 nitrogen and oxygen atoms in total. The number of nitriles is 1. The molecule has 71 heavy (non-hydrogen) atoms. The predicted molar refractivity (Wildman–Crippen MR) is 262 cm³/mol. The molecule has 12 N–H and O–H groups in total. The molecular weight excluding hydrogens is 913 g/mol. The summed E-state index contributed by atoms with van der Waals surface area (Å²) in [6.07, 6.45) is 4.11. The Morgan fingerprint density at radius 1 is 0.901 bits per heavy atom. The number of ether oxygens (including phenoxy) is 3. The topological polar surface area (TPSA) is 324 Å². The maximum Gasteiger partial charge on any atom is 0.255 e. The SMILES string of the molecule is Cc1nc(-c2ccc(OC3CCCCC3)cc2)nc(C)c1C(=O)N[C@@H](CNC(N)O)C(=O)N(C)[C@@H]1C(=O)N[C@@H](C)C(=O)N[C@H](C(=O)NCC#N)Cc2ccc(OCCN)c(c2)-c2cc1ccc2OCCN. The van der Waals surface area contributed by atoms with E-state index in [0.29, 0.717) is 51.0 Å². The number of benzene rings is 3. The van der Waals surface area contributed by atoms with E-state index >= 15 is 0 Å². The van der Waals surface area contributed by atoms with Crippen molar-refractivity contribution in [1.82, 2.24) is 41.5 Å². The van der Waals surface area contributed by atoms with Gasteiger partial charge < -0.3 is 57.0 Å². The lowest BCUT2D eigenvalue weighted by Crippen LogP contribution is -2.57. The number of nitrogens with one attached hydrogen (secondary N) is 5. The standard InChI is InChI=1S/C50H64N12O9/c1-28-42(29(2)58-44(57-28)32-11-14-35(15-12-32)71-34-8-6-5-7-9-34)47(65)61-39(27-56-50(54)68)49(67)62(4)43-33-13-17-41(70-23-20-53)37(26-33)36-24-31(10-16-40(36)69-22-19-52)25-38(46(64)55-21-18-51)60-45(63)30(3)59-48(43)66/h10-17,24,26,30,34,38-39,43,50,56,68H,5-9,19-23,25,27,52-54H2,1-4H3,(H,55,64)(H,59,66)(H,60,63)(H,61,65)/t30-,38-,39-,43-,50?/m0/s1. The number of fused-ring (bicyclic) bond motifs is 5. The van der Waals surface area contributed by atoms with Gasteiger partial charge in [-0.2, -0.15) is 5.26 Å². The first kappa shape index (κ1) is 53.1. The van der Waals surface area contributed by atoms with Crippen molar-refractivity contribution in [2.45, 2.75) is 95.9 Å². The molecule has 1 aliphatic heterocycles. The fourth-order valence-corrected chi connectivity index (χ4v) is 8.61. The minimum atomic E-state index is -1.60. The fraction of sp³-hybridized carbons (Fsp3) is 0.440. The molecule has 5 atom stereocenters. The second-order valence-electron chi connectivity index (χ2n) is 17.5. The number of rotatable bonds is 18. The van der Waals surface area contributed by atoms with E-state index in [-0.39, 0.29) is 56.5 Å². The molecule has 21 heteroatoms. The highest BCUT2D eigenvalue weighted by atomic mass is 16.5. The maximum absolute atomic E-state index is 14.9. The molecule has 1 aliphatic carbocycles. The van der Waals surface area contributed by atoms with Crippen LogP contribution in [0.15, 0.2) is 60.7 Å². The summed E-state index contributed by atoms with van der Waals surface area (Å²) in [5.41, 5.74) is 20.5. The van der Waals surface area contributed by atoms with Gasteiger partial charge >= 0.3 is 0 Å². The minimum absolute atomic E-state index is 0.0235. The van der Waals surface area contributed by atoms with Crippen LogP contribution >= 0.6 is 0 Å². The molecule has 6 rings (SSSR count). The number of likely N-dealkylation sites (N-methyl/N-ethyl adjacent to an activating group) is 1. The Hall–Kier alpha value is -7.22. The summed E-state index contributed by atoms with van der Waals surface area (Å²) in [6.45, 7) is 4.56. The summed E-state index contributed by atoms with van der Waals surface area (Å²) in [4.78, 5) is 81.4. The first-order valence-corrected chi connectivity index (χ1v) is 23.7. The van der Waals surface area contributed by atoms with Gasteiger partial charge in [0.2, 0.25) is 23.6 Å². The molecule has 0 spiro atoms. The van der Waals surface area contributed by atoms with Gasteiger partial charge in [0.1, 0.15) is 61.2 Å². The highest BCUT2D eigenvalue weighted by Gasteiger charge is 2.37. The zero-order valence-corrected chi connectivity index (χ0v) is 40.5. The molecule has 2 heterocycles. The molecule has 1 aromatic heterocycles. The van der Waals surface area contributed by atoms with E-state index in [4.69, 9.17) is 31.4 Å². The number of aryl methyl sites for hydroxylation is 2. The van der Waals surface area contributed by atoms with Crippen LogP contribution in [0, 0.1) is 25.2 Å². The molecule has 4 aromatic rings. The number of amides is 5. The highest BCUT2D eigenvalue weighted by molar-refractivity contribution is 6.00. The first-order chi connectivity index (χ1) is 34.1. The molecule has 3 aromatic carbocycles. The number of nitrogens with zero attached hydrogens (tertiary/aromatic N) is 4. The Bertz CT molecular complexity index is 2560. The van der Waals surface area contributed by atoms with Crippen LogP contribution < -0.4 is 58.0 Å². The molecule has 1 fully saturated rings. The Morgan fingerprint density at radius 3 is 2.15 bits per heavy atom. The van der Waals surface area contributed by atoms with Gasteiger partial charge in [-0.1, -0.05) is 18.6 Å². The first-order valence-electron chi connectivity index (χ1n) is 23.7. The second-order valence-corrected chi connectivity index (χ2v) is 17.5. The molecule has 5 amide bonds. The minimum Gasteiger partial charge on any atom is -0.492 e. The van der Waals surface area contributed by atoms with Crippen LogP contribution in [0.3, 0.4) is 0 Å². The number of carbonyl (C=O) groups excluding carboxylic acids is 5. The molecule has 0 saturated heterocycles. The van der Waals surface area contributed by atoms with Crippen LogP contribution in [0.4, 0.5) is 0 Å². The van der Waals surface area contributed by atoms with Gasteiger partial charge in [0.15, 0.2) is 12.2 Å². The van der Waals surface area contributed by atoms with Crippen molar-refractivity contribution >= 4 is 29.5 Å². The van der Waals surface area contributed by atoms with Crippen molar-refractivity contribution in [3.63, 3.8) is 0 Å². The van der Waals surface area contributed by atoms with Crippen molar-refractivity contribution in [3.8, 4) is 45.8 Å². The number of aliphatic hydroxyl groups is 1. The van der Waals surface area contributed by atoms with Gasteiger partial charge in [0, 0.05) is 49.8 Å². The zero-order chi connectivity index (χ0) is 51.2. The molecule has 2 aliphatic rings. The Kier molecular flexibility index (Phi) is 18.8. The normalized spacial score (nSPS) is 18.0. The summed E-state index contributed by atoms with van der Waals surface area (Å²) in [6, 6.07) is 13.9. The third-order valence-electron chi connectivity index (χ3n) is 12.2. The maximum atomic E-state index is 14.9. The van der Waals surface area contributed by atoms with E-state index in [1.54, 1.807) is 50.2 Å². The molecule has 0 radical (unpaired) electrons. The average molecular weight is 977 g/mol. The van der Waals surface area contributed by atoms with Crippen LogP contribution in [-0.2, 0) is 25.6 Å². The van der Waals surface area contributed by atoms with E-state index in [1.807, 2.05) is 30.3 Å². The Labute approximate surface area is 412 Å². The Morgan fingerprint density at radius 2 is 1.54 bits per heavy atom. The summed E-state index contributed by atoms with van der Waals surface area (Å²) in [5, 5.41) is 32.5. The van der Waals surface area contributed by atoms with Gasteiger partial charge in [-0.05, 0) is 106 Å². The molecule has 1 saturated carbocycles. The van der Waals surface area contributed by atoms with Gasteiger partial charge in [-0.3, -0.25) is 35.0 Å². The van der Waals surface area contributed by atoms with E-state index in [0.717, 1.165) is 36.3 Å². The molecule has 378 valence electrons.